The summed E-state index contributed by atoms with van der Waals surface area (Å²) in [5.41, 5.74) is 0. The molecule has 0 bridgehead atoms. The highest BCUT2D eigenvalue weighted by Crippen LogP contribution is 2.28. The maximum atomic E-state index is 12.6. The number of piperidine rings is 1. The maximum Gasteiger partial charge on any atom is 0.310 e. The van der Waals surface area contributed by atoms with E-state index in [1.807, 2.05) is 0 Å². The predicted molar refractivity (Wildman–Crippen MR) is 80.5 cm³/mol. The predicted octanol–water partition coefficient (Wildman–Crippen LogP) is 0.900. The first-order valence-corrected chi connectivity index (χ1v) is 8.23. The fourth-order valence-corrected chi connectivity index (χ4v) is 3.12. The van der Waals surface area contributed by atoms with Crippen LogP contribution in [0.15, 0.2) is 0 Å². The minimum Gasteiger partial charge on any atom is -0.466 e. The lowest BCUT2D eigenvalue weighted by atomic mass is 9.95. The summed E-state index contributed by atoms with van der Waals surface area (Å²) in [5, 5.41) is 0. The molecule has 7 nitrogen and oxygen atoms in total. The van der Waals surface area contributed by atoms with Crippen molar-refractivity contribution in [3.63, 3.8) is 0 Å². The van der Waals surface area contributed by atoms with Gasteiger partial charge in [-0.3, -0.25) is 14.4 Å². The Kier molecular flexibility index (Phi) is 6.12. The van der Waals surface area contributed by atoms with E-state index >= 15 is 0 Å². The molecule has 0 aromatic rings. The number of carbonyl (C=O) groups is 3. The zero-order valence-electron chi connectivity index (χ0n) is 13.8. The van der Waals surface area contributed by atoms with E-state index in [0.29, 0.717) is 39.0 Å². The van der Waals surface area contributed by atoms with Crippen LogP contribution < -0.4 is 0 Å². The summed E-state index contributed by atoms with van der Waals surface area (Å²) in [6, 6.07) is 0. The Hall–Kier alpha value is -1.47. The third kappa shape index (κ3) is 3.90. The van der Waals surface area contributed by atoms with Crippen LogP contribution >= 0.6 is 0 Å². The van der Waals surface area contributed by atoms with Crippen molar-refractivity contribution in [3.05, 3.63) is 0 Å². The topological polar surface area (TPSA) is 82.1 Å². The Morgan fingerprint density at radius 1 is 1.26 bits per heavy atom. The average Bonchev–Trinajstić information content (AvgIpc) is 2.61. The first kappa shape index (κ1) is 17.9. The number of ether oxygens (including phenoxy) is 3. The summed E-state index contributed by atoms with van der Waals surface area (Å²) >= 11 is 0. The fourth-order valence-electron chi connectivity index (χ4n) is 3.12. The Labute approximate surface area is 136 Å². The van der Waals surface area contributed by atoms with Gasteiger partial charge in [0.1, 0.15) is 0 Å². The van der Waals surface area contributed by atoms with E-state index in [-0.39, 0.29) is 18.4 Å². The molecule has 0 aromatic carbocycles. The summed E-state index contributed by atoms with van der Waals surface area (Å²) in [6.07, 6.45) is 3.34. The van der Waals surface area contributed by atoms with Crippen molar-refractivity contribution in [2.75, 3.05) is 33.4 Å². The van der Waals surface area contributed by atoms with Crippen LogP contribution in [-0.4, -0.2) is 61.8 Å². The van der Waals surface area contributed by atoms with Crippen LogP contribution in [0.1, 0.15) is 39.0 Å². The van der Waals surface area contributed by atoms with Crippen molar-refractivity contribution >= 4 is 17.7 Å². The molecule has 0 radical (unpaired) electrons. The number of methoxy groups -OCH3 is 1. The van der Waals surface area contributed by atoms with Gasteiger partial charge in [0.05, 0.1) is 19.1 Å². The highest BCUT2D eigenvalue weighted by atomic mass is 16.7. The lowest BCUT2D eigenvalue weighted by Crippen LogP contribution is -2.55. The minimum atomic E-state index is -1.47. The highest BCUT2D eigenvalue weighted by Gasteiger charge is 2.47. The summed E-state index contributed by atoms with van der Waals surface area (Å²) < 4.78 is 15.8. The molecule has 1 amide bonds. The maximum absolute atomic E-state index is 12.6. The molecule has 2 fully saturated rings. The number of esters is 1. The fraction of sp³-hybridized carbons (Fsp3) is 0.812. The van der Waals surface area contributed by atoms with Crippen LogP contribution in [-0.2, 0) is 28.6 Å². The molecular formula is C16H25NO6. The Morgan fingerprint density at radius 3 is 2.65 bits per heavy atom. The van der Waals surface area contributed by atoms with E-state index in [2.05, 4.69) is 0 Å². The number of rotatable bonds is 5. The molecule has 130 valence electrons. The van der Waals surface area contributed by atoms with Crippen molar-refractivity contribution in [2.45, 2.75) is 44.8 Å². The van der Waals surface area contributed by atoms with Crippen LogP contribution in [0.3, 0.4) is 0 Å². The van der Waals surface area contributed by atoms with Gasteiger partial charge >= 0.3 is 5.97 Å². The minimum absolute atomic E-state index is 0.212. The molecule has 2 saturated heterocycles. The summed E-state index contributed by atoms with van der Waals surface area (Å²) in [6.45, 7) is 3.13. The van der Waals surface area contributed by atoms with Gasteiger partial charge in [0.2, 0.25) is 5.79 Å². The van der Waals surface area contributed by atoms with Gasteiger partial charge < -0.3 is 19.1 Å². The number of likely N-dealkylation sites (tertiary alicyclic amines) is 1. The standard InChI is InChI=1S/C16H25NO6/c1-3-22-15(20)12-7-6-9-17(11-12)14(19)13(18)16(21-2)8-4-5-10-23-16/h12H,3-11H2,1-2H3. The zero-order chi connectivity index (χ0) is 16.9. The van der Waals surface area contributed by atoms with Crippen molar-refractivity contribution in [1.82, 2.24) is 4.90 Å². The molecule has 0 saturated carbocycles. The van der Waals surface area contributed by atoms with Crippen molar-refractivity contribution < 1.29 is 28.6 Å². The van der Waals surface area contributed by atoms with Crippen LogP contribution in [0.25, 0.3) is 0 Å². The van der Waals surface area contributed by atoms with Crippen LogP contribution in [0.5, 0.6) is 0 Å². The zero-order valence-corrected chi connectivity index (χ0v) is 13.8. The van der Waals surface area contributed by atoms with E-state index in [4.69, 9.17) is 14.2 Å². The number of ketones is 1. The second-order valence-corrected chi connectivity index (χ2v) is 5.93. The molecular weight excluding hydrogens is 302 g/mol. The third-order valence-corrected chi connectivity index (χ3v) is 4.43. The largest absolute Gasteiger partial charge is 0.466 e. The number of Topliss-reactive ketones (excluding diaryl/α,β-unsaturated/α-hetero) is 1. The van der Waals surface area contributed by atoms with Crippen molar-refractivity contribution in [3.8, 4) is 0 Å². The van der Waals surface area contributed by atoms with Crippen LogP contribution in [0.2, 0.25) is 0 Å². The molecule has 0 spiro atoms. The molecule has 2 rings (SSSR count). The second-order valence-electron chi connectivity index (χ2n) is 5.93. The normalized spacial score (nSPS) is 28.3. The molecule has 2 atom stereocenters. The smallest absolute Gasteiger partial charge is 0.310 e. The molecule has 0 aromatic heterocycles. The number of amides is 1. The number of nitrogens with zero attached hydrogens (tertiary/aromatic N) is 1. The van der Waals surface area contributed by atoms with Gasteiger partial charge in [0.15, 0.2) is 0 Å². The van der Waals surface area contributed by atoms with Crippen LogP contribution in [0.4, 0.5) is 0 Å². The monoisotopic (exact) mass is 327 g/mol. The van der Waals surface area contributed by atoms with Gasteiger partial charge in [-0.2, -0.15) is 0 Å². The summed E-state index contributed by atoms with van der Waals surface area (Å²) in [7, 11) is 1.38. The molecule has 23 heavy (non-hydrogen) atoms. The van der Waals surface area contributed by atoms with Gasteiger partial charge in [0.25, 0.3) is 11.7 Å². The Morgan fingerprint density at radius 2 is 2.04 bits per heavy atom. The van der Waals surface area contributed by atoms with E-state index in [0.717, 1.165) is 12.8 Å². The lowest BCUT2D eigenvalue weighted by molar-refractivity contribution is -0.232. The van der Waals surface area contributed by atoms with Gasteiger partial charge in [-0.15, -0.1) is 0 Å². The third-order valence-electron chi connectivity index (χ3n) is 4.43. The molecule has 2 unspecified atom stereocenters. The molecule has 0 aliphatic carbocycles. The van der Waals surface area contributed by atoms with E-state index in [1.165, 1.54) is 12.0 Å². The summed E-state index contributed by atoms with van der Waals surface area (Å²) in [4.78, 5) is 38.4. The van der Waals surface area contributed by atoms with Crippen LogP contribution in [0, 0.1) is 5.92 Å². The van der Waals surface area contributed by atoms with E-state index in [9.17, 15) is 14.4 Å². The Balaban J connectivity index is 2.03. The quantitative estimate of drug-likeness (QED) is 0.551. The molecule has 2 aliphatic rings. The van der Waals surface area contributed by atoms with Crippen molar-refractivity contribution in [1.29, 1.82) is 0 Å². The van der Waals surface area contributed by atoms with E-state index < -0.39 is 17.5 Å². The Bertz CT molecular complexity index is 457. The van der Waals surface area contributed by atoms with Gasteiger partial charge in [-0.1, -0.05) is 0 Å². The number of carbonyl (C=O) groups excluding carboxylic acids is 3. The van der Waals surface area contributed by atoms with Crippen molar-refractivity contribution in [2.24, 2.45) is 5.92 Å². The number of hydrogen-bond donors (Lipinski definition) is 0. The van der Waals surface area contributed by atoms with Gasteiger partial charge in [-0.05, 0) is 32.6 Å². The second kappa shape index (κ2) is 7.88. The van der Waals surface area contributed by atoms with Gasteiger partial charge in [0, 0.05) is 26.6 Å². The average molecular weight is 327 g/mol. The first-order valence-electron chi connectivity index (χ1n) is 8.23. The SMILES string of the molecule is CCOC(=O)C1CCCN(C(=O)C(=O)C2(OC)CCCCO2)C1. The molecule has 2 aliphatic heterocycles. The molecule has 0 N–H and O–H groups in total. The molecule has 2 heterocycles. The van der Waals surface area contributed by atoms with E-state index in [1.54, 1.807) is 6.92 Å². The van der Waals surface area contributed by atoms with Gasteiger partial charge in [-0.25, -0.2) is 0 Å². The number of hydrogen-bond acceptors (Lipinski definition) is 6. The summed E-state index contributed by atoms with van der Waals surface area (Å²) in [5.74, 6) is -3.46. The highest BCUT2D eigenvalue weighted by molar-refractivity contribution is 6.38. The molecule has 7 heteroatoms. The lowest BCUT2D eigenvalue weighted by Gasteiger charge is -2.37. The first-order chi connectivity index (χ1) is 11.0.